The van der Waals surface area contributed by atoms with Crippen molar-refractivity contribution in [3.63, 3.8) is 0 Å². The lowest BCUT2D eigenvalue weighted by molar-refractivity contribution is 0.0693. The SMILES string of the molecule is CCCNC(=O)c1ccc2oc(-c3ccc4c(c3)nc(C)n4C3CCOCC3)nc2c1.Cc1nc2cc(-c3nc4cc(C(=O)O)ccc4o3)ccc2n1C1CCOCC1. The van der Waals surface area contributed by atoms with Gasteiger partial charge in [0.25, 0.3) is 5.91 Å². The van der Waals surface area contributed by atoms with E-state index < -0.39 is 5.97 Å². The number of rotatable bonds is 8. The molecule has 10 rings (SSSR count). The normalized spacial score (nSPS) is 15.2. The number of aromatic carboxylic acids is 1. The number of amides is 1. The summed E-state index contributed by atoms with van der Waals surface area (Å²) in [5, 5.41) is 12.0. The van der Waals surface area contributed by atoms with E-state index in [1.165, 1.54) is 12.1 Å². The number of nitrogens with one attached hydrogen (secondary N) is 1. The number of carboxylic acid groups (broad SMARTS) is 1. The Morgan fingerprint density at radius 1 is 0.644 bits per heavy atom. The van der Waals surface area contributed by atoms with Gasteiger partial charge in [-0.1, -0.05) is 6.92 Å². The van der Waals surface area contributed by atoms with Crippen LogP contribution in [0.15, 0.2) is 81.6 Å². The first kappa shape index (κ1) is 38.2. The van der Waals surface area contributed by atoms with Gasteiger partial charge in [-0.25, -0.2) is 24.7 Å². The summed E-state index contributed by atoms with van der Waals surface area (Å²) in [6.07, 6.45) is 4.89. The van der Waals surface area contributed by atoms with Crippen LogP contribution in [-0.4, -0.2) is 79.0 Å². The zero-order chi connectivity index (χ0) is 40.6. The van der Waals surface area contributed by atoms with E-state index in [0.717, 1.165) is 103 Å². The highest BCUT2D eigenvalue weighted by Crippen LogP contribution is 2.34. The second-order valence-electron chi connectivity index (χ2n) is 15.1. The summed E-state index contributed by atoms with van der Waals surface area (Å²) in [5.74, 6) is 1.91. The van der Waals surface area contributed by atoms with Crippen molar-refractivity contribution in [1.29, 1.82) is 0 Å². The summed E-state index contributed by atoms with van der Waals surface area (Å²) in [6.45, 7) is 9.92. The lowest BCUT2D eigenvalue weighted by atomic mass is 10.1. The van der Waals surface area contributed by atoms with Crippen molar-refractivity contribution in [2.45, 2.75) is 65.0 Å². The Labute approximate surface area is 339 Å². The van der Waals surface area contributed by atoms with Crippen LogP contribution in [-0.2, 0) is 9.47 Å². The van der Waals surface area contributed by atoms with Crippen molar-refractivity contribution in [3.8, 4) is 22.9 Å². The molecule has 14 heteroatoms. The molecular weight excluding hydrogens is 751 g/mol. The van der Waals surface area contributed by atoms with E-state index in [4.69, 9.17) is 33.4 Å². The molecule has 8 aromatic rings. The van der Waals surface area contributed by atoms with Gasteiger partial charge in [0.1, 0.15) is 22.7 Å². The van der Waals surface area contributed by atoms with E-state index in [1.54, 1.807) is 24.3 Å². The maximum atomic E-state index is 12.2. The summed E-state index contributed by atoms with van der Waals surface area (Å²) in [7, 11) is 0. The third-order valence-electron chi connectivity index (χ3n) is 11.2. The average molecular weight is 796 g/mol. The third kappa shape index (κ3) is 7.56. The molecule has 0 radical (unpaired) electrons. The van der Waals surface area contributed by atoms with Gasteiger partial charge in [0.05, 0.1) is 27.6 Å². The van der Waals surface area contributed by atoms with Crippen molar-refractivity contribution in [3.05, 3.63) is 95.6 Å². The van der Waals surface area contributed by atoms with Gasteiger partial charge < -0.3 is 37.9 Å². The molecule has 0 atom stereocenters. The molecule has 2 aliphatic rings. The number of imidazole rings is 2. The van der Waals surface area contributed by atoms with Gasteiger partial charge in [0.15, 0.2) is 11.2 Å². The summed E-state index contributed by atoms with van der Waals surface area (Å²) in [6, 6.07) is 23.0. The largest absolute Gasteiger partial charge is 0.478 e. The van der Waals surface area contributed by atoms with E-state index >= 15 is 0 Å². The summed E-state index contributed by atoms with van der Waals surface area (Å²) in [5.41, 5.74) is 8.93. The van der Waals surface area contributed by atoms with E-state index in [2.05, 4.69) is 43.5 Å². The number of carbonyl (C=O) groups excluding carboxylic acids is 1. The highest BCUT2D eigenvalue weighted by atomic mass is 16.5. The molecule has 14 nitrogen and oxygen atoms in total. The highest BCUT2D eigenvalue weighted by molar-refractivity contribution is 5.97. The monoisotopic (exact) mass is 795 g/mol. The molecule has 0 aliphatic carbocycles. The number of nitrogens with zero attached hydrogens (tertiary/aromatic N) is 6. The van der Waals surface area contributed by atoms with Crippen LogP contribution in [0.5, 0.6) is 0 Å². The van der Waals surface area contributed by atoms with Crippen LogP contribution in [0.25, 0.3) is 67.2 Å². The van der Waals surface area contributed by atoms with Crippen molar-refractivity contribution in [2.75, 3.05) is 33.0 Å². The predicted molar refractivity (Wildman–Crippen MR) is 223 cm³/mol. The van der Waals surface area contributed by atoms with Crippen LogP contribution in [0, 0.1) is 13.8 Å². The van der Waals surface area contributed by atoms with Crippen LogP contribution in [0.2, 0.25) is 0 Å². The molecule has 0 spiro atoms. The fourth-order valence-corrected chi connectivity index (χ4v) is 8.23. The quantitative estimate of drug-likeness (QED) is 0.150. The fourth-order valence-electron chi connectivity index (χ4n) is 8.23. The van der Waals surface area contributed by atoms with Crippen LogP contribution < -0.4 is 5.32 Å². The van der Waals surface area contributed by atoms with Crippen LogP contribution >= 0.6 is 0 Å². The van der Waals surface area contributed by atoms with E-state index in [1.807, 2.05) is 38.1 Å². The maximum absolute atomic E-state index is 12.2. The first-order chi connectivity index (χ1) is 28.7. The molecule has 2 aliphatic heterocycles. The van der Waals surface area contributed by atoms with Gasteiger partial charge in [0, 0.05) is 61.7 Å². The molecular formula is C45H45N7O7. The average Bonchev–Trinajstić information content (AvgIpc) is 4.04. The van der Waals surface area contributed by atoms with Gasteiger partial charge >= 0.3 is 5.97 Å². The Kier molecular flexibility index (Phi) is 10.4. The molecule has 1 amide bonds. The molecule has 302 valence electrons. The third-order valence-corrected chi connectivity index (χ3v) is 11.2. The van der Waals surface area contributed by atoms with Gasteiger partial charge in [-0.2, -0.15) is 0 Å². The zero-order valence-corrected chi connectivity index (χ0v) is 33.2. The van der Waals surface area contributed by atoms with Crippen molar-refractivity contribution in [2.24, 2.45) is 0 Å². The number of hydrogen-bond donors (Lipinski definition) is 2. The molecule has 2 N–H and O–H groups in total. The Morgan fingerprint density at radius 3 is 1.59 bits per heavy atom. The summed E-state index contributed by atoms with van der Waals surface area (Å²) in [4.78, 5) is 42.0. The minimum atomic E-state index is -0.984. The van der Waals surface area contributed by atoms with Gasteiger partial charge in [-0.05, 0) is 119 Å². The Bertz CT molecular complexity index is 2840. The van der Waals surface area contributed by atoms with Crippen LogP contribution in [0.3, 0.4) is 0 Å². The number of benzene rings is 4. The van der Waals surface area contributed by atoms with E-state index in [-0.39, 0.29) is 11.5 Å². The maximum Gasteiger partial charge on any atom is 0.335 e. The molecule has 4 aromatic carbocycles. The Hall–Kier alpha value is -6.38. The molecule has 4 aromatic heterocycles. The summed E-state index contributed by atoms with van der Waals surface area (Å²) < 4.78 is 27.4. The van der Waals surface area contributed by atoms with Crippen LogP contribution in [0.4, 0.5) is 0 Å². The van der Waals surface area contributed by atoms with Crippen molar-refractivity contribution in [1.82, 2.24) is 34.4 Å². The minimum Gasteiger partial charge on any atom is -0.478 e. The second kappa shape index (κ2) is 16.1. The number of hydrogen-bond acceptors (Lipinski definition) is 10. The number of fused-ring (bicyclic) bond motifs is 4. The molecule has 6 heterocycles. The first-order valence-corrected chi connectivity index (χ1v) is 20.2. The van der Waals surface area contributed by atoms with Crippen molar-refractivity contribution < 1.29 is 33.0 Å². The predicted octanol–water partition coefficient (Wildman–Crippen LogP) is 8.85. The molecule has 0 unspecified atom stereocenters. The highest BCUT2D eigenvalue weighted by Gasteiger charge is 2.23. The summed E-state index contributed by atoms with van der Waals surface area (Å²) >= 11 is 0. The van der Waals surface area contributed by atoms with E-state index in [9.17, 15) is 9.59 Å². The van der Waals surface area contributed by atoms with E-state index in [0.29, 0.717) is 58.2 Å². The fraction of sp³-hybridized carbons (Fsp3) is 0.333. The number of oxazole rings is 2. The number of ether oxygens (including phenoxy) is 2. The lowest BCUT2D eigenvalue weighted by Crippen LogP contribution is -2.23. The number of aryl methyl sites for hydroxylation is 2. The van der Waals surface area contributed by atoms with Gasteiger partial charge in [0.2, 0.25) is 11.8 Å². The van der Waals surface area contributed by atoms with Gasteiger partial charge in [-0.3, -0.25) is 4.79 Å². The molecule has 0 saturated carbocycles. The zero-order valence-electron chi connectivity index (χ0n) is 33.2. The first-order valence-electron chi connectivity index (χ1n) is 20.2. The minimum absolute atomic E-state index is 0.0937. The second-order valence-corrected chi connectivity index (χ2v) is 15.1. The number of aromatic nitrogens is 6. The van der Waals surface area contributed by atoms with Crippen LogP contribution in [0.1, 0.15) is 83.5 Å². The van der Waals surface area contributed by atoms with Gasteiger partial charge in [-0.15, -0.1) is 0 Å². The molecule has 2 saturated heterocycles. The Morgan fingerprint density at radius 2 is 1.12 bits per heavy atom. The topological polar surface area (TPSA) is 173 Å². The standard InChI is InChI=1S/C24H26N4O3.C21H19N3O4/c1-3-10-25-23(29)16-5-7-22-20(13-16)27-24(31-22)17-4-6-21-19(14-17)26-15(2)28(21)18-8-11-30-12-9-18;1-12-22-16-10-13(2-4-18(16)24(12)15-6-8-27-9-7-15)20-23-17-11-14(21(25)26)3-5-19(17)28-20/h4-7,13-14,18H,3,8-12H2,1-2H3,(H,25,29);2-5,10-11,15H,6-9H2,1H3,(H,25,26). The Balaban J connectivity index is 0.000000153. The lowest BCUT2D eigenvalue weighted by Gasteiger charge is -2.25. The molecule has 59 heavy (non-hydrogen) atoms. The van der Waals surface area contributed by atoms with Crippen molar-refractivity contribution >= 4 is 56.1 Å². The molecule has 2 fully saturated rings. The molecule has 0 bridgehead atoms. The number of carbonyl (C=O) groups is 2. The smallest absolute Gasteiger partial charge is 0.335 e. The number of carboxylic acids is 1.